The number of aromatic amines is 1. The Morgan fingerprint density at radius 2 is 1.92 bits per heavy atom. The average Bonchev–Trinajstić information content (AvgIpc) is 3.08. The number of esters is 1. The Morgan fingerprint density at radius 3 is 2.56 bits per heavy atom. The van der Waals surface area contributed by atoms with Crippen molar-refractivity contribution in [1.82, 2.24) is 14.9 Å². The van der Waals surface area contributed by atoms with Gasteiger partial charge in [-0.3, -0.25) is 0 Å². The van der Waals surface area contributed by atoms with Gasteiger partial charge in [-0.1, -0.05) is 0 Å². The van der Waals surface area contributed by atoms with Gasteiger partial charge in [0.25, 0.3) is 0 Å². The van der Waals surface area contributed by atoms with Crippen molar-refractivity contribution in [1.29, 1.82) is 0 Å². The van der Waals surface area contributed by atoms with Crippen molar-refractivity contribution in [3.05, 3.63) is 21.7 Å². The third-order valence-corrected chi connectivity index (χ3v) is 5.74. The minimum atomic E-state index is -0.271. The Bertz CT molecular complexity index is 772. The third-order valence-electron chi connectivity index (χ3n) is 4.71. The average molecular weight is 362 g/mol. The summed E-state index contributed by atoms with van der Waals surface area (Å²) in [5, 5.41) is 1.06. The molecule has 2 aromatic rings. The van der Waals surface area contributed by atoms with Crippen LogP contribution in [0.25, 0.3) is 11.4 Å². The maximum atomic E-state index is 12.2. The summed E-state index contributed by atoms with van der Waals surface area (Å²) in [5.41, 5.74) is 4.24. The molecule has 0 aromatic carbocycles. The summed E-state index contributed by atoms with van der Waals surface area (Å²) >= 11 is 1.72. The number of ether oxygens (including phenoxy) is 1. The van der Waals surface area contributed by atoms with Gasteiger partial charge in [-0.05, 0) is 40.3 Å². The number of hydrogen-bond donors (Lipinski definition) is 1. The number of anilines is 1. The van der Waals surface area contributed by atoms with E-state index in [1.165, 1.54) is 0 Å². The molecule has 7 heteroatoms. The summed E-state index contributed by atoms with van der Waals surface area (Å²) in [4.78, 5) is 26.3. The van der Waals surface area contributed by atoms with Crippen molar-refractivity contribution in [3.8, 4) is 11.4 Å². The lowest BCUT2D eigenvalue weighted by Gasteiger charge is -2.32. The normalized spacial score (nSPS) is 15.6. The van der Waals surface area contributed by atoms with Gasteiger partial charge in [0.15, 0.2) is 5.13 Å². The van der Waals surface area contributed by atoms with E-state index in [9.17, 15) is 4.79 Å². The second kappa shape index (κ2) is 7.17. The van der Waals surface area contributed by atoms with Gasteiger partial charge in [0.2, 0.25) is 0 Å². The molecule has 1 saturated heterocycles. The van der Waals surface area contributed by atoms with Crippen LogP contribution in [0, 0.1) is 20.8 Å². The lowest BCUT2D eigenvalue weighted by atomic mass is 10.1. The molecule has 3 rings (SSSR count). The first-order valence-corrected chi connectivity index (χ1v) is 9.51. The van der Waals surface area contributed by atoms with E-state index in [4.69, 9.17) is 9.72 Å². The van der Waals surface area contributed by atoms with Gasteiger partial charge in [0, 0.05) is 36.8 Å². The Labute approximate surface area is 152 Å². The molecule has 1 N–H and O–H groups in total. The number of nitrogens with one attached hydrogen (secondary N) is 1. The van der Waals surface area contributed by atoms with E-state index in [0.29, 0.717) is 12.2 Å². The van der Waals surface area contributed by atoms with Gasteiger partial charge < -0.3 is 19.5 Å². The standard InChI is InChI=1S/C18H26N4O2S/c1-6-24-17(23)14-11(2)15(19-12(14)3)16-13(4)25-18(20-16)22-9-7-21(5)8-10-22/h19H,6-10H2,1-5H3. The van der Waals surface area contributed by atoms with Gasteiger partial charge in [-0.2, -0.15) is 0 Å². The molecule has 0 aliphatic carbocycles. The van der Waals surface area contributed by atoms with E-state index in [0.717, 1.165) is 58.8 Å². The van der Waals surface area contributed by atoms with Gasteiger partial charge >= 0.3 is 5.97 Å². The van der Waals surface area contributed by atoms with Crippen molar-refractivity contribution >= 4 is 22.4 Å². The fourth-order valence-corrected chi connectivity index (χ4v) is 4.21. The number of nitrogens with zero attached hydrogens (tertiary/aromatic N) is 3. The molecule has 0 saturated carbocycles. The maximum Gasteiger partial charge on any atom is 0.340 e. The quantitative estimate of drug-likeness (QED) is 0.847. The van der Waals surface area contributed by atoms with Gasteiger partial charge in [-0.15, -0.1) is 11.3 Å². The number of carbonyl (C=O) groups excluding carboxylic acids is 1. The molecule has 0 bridgehead atoms. The Hall–Kier alpha value is -1.86. The number of likely N-dealkylation sites (N-methyl/N-ethyl adjacent to an activating group) is 1. The second-order valence-corrected chi connectivity index (χ2v) is 7.72. The summed E-state index contributed by atoms with van der Waals surface area (Å²) in [6, 6.07) is 0. The van der Waals surface area contributed by atoms with E-state index < -0.39 is 0 Å². The number of thiazole rings is 1. The molecule has 0 amide bonds. The number of hydrogen-bond acceptors (Lipinski definition) is 6. The van der Waals surface area contributed by atoms with E-state index in [2.05, 4.69) is 28.8 Å². The third kappa shape index (κ3) is 3.43. The molecule has 25 heavy (non-hydrogen) atoms. The highest BCUT2D eigenvalue weighted by Gasteiger charge is 2.24. The van der Waals surface area contributed by atoms with Crippen molar-refractivity contribution in [3.63, 3.8) is 0 Å². The van der Waals surface area contributed by atoms with E-state index in [1.807, 2.05) is 20.8 Å². The summed E-state index contributed by atoms with van der Waals surface area (Å²) in [6.07, 6.45) is 0. The Morgan fingerprint density at radius 1 is 1.24 bits per heavy atom. The summed E-state index contributed by atoms with van der Waals surface area (Å²) in [6.45, 7) is 12.3. The highest BCUT2D eigenvalue weighted by Crippen LogP contribution is 2.35. The van der Waals surface area contributed by atoms with Crippen LogP contribution >= 0.6 is 11.3 Å². The molecule has 0 spiro atoms. The Kier molecular flexibility index (Phi) is 5.15. The molecule has 0 unspecified atom stereocenters. The molecule has 6 nitrogen and oxygen atoms in total. The SMILES string of the molecule is CCOC(=O)c1c(C)[nH]c(-c2nc(N3CCN(C)CC3)sc2C)c1C. The molecule has 0 radical (unpaired) electrons. The van der Waals surface area contributed by atoms with Crippen molar-refractivity contribution in [2.45, 2.75) is 27.7 Å². The smallest absolute Gasteiger partial charge is 0.340 e. The molecule has 0 atom stereocenters. The number of H-pyrrole nitrogens is 1. The zero-order valence-electron chi connectivity index (χ0n) is 15.6. The van der Waals surface area contributed by atoms with Crippen LogP contribution in [0.4, 0.5) is 5.13 Å². The fraction of sp³-hybridized carbons (Fsp3) is 0.556. The van der Waals surface area contributed by atoms with Crippen LogP contribution in [0.5, 0.6) is 0 Å². The van der Waals surface area contributed by atoms with Gasteiger partial charge in [-0.25, -0.2) is 9.78 Å². The molecule has 2 aromatic heterocycles. The van der Waals surface area contributed by atoms with Crippen LogP contribution in [0.2, 0.25) is 0 Å². The second-order valence-electron chi connectivity index (χ2n) is 6.54. The summed E-state index contributed by atoms with van der Waals surface area (Å²) < 4.78 is 5.19. The minimum Gasteiger partial charge on any atom is -0.462 e. The molecule has 1 aliphatic rings. The first kappa shape index (κ1) is 17.9. The number of aryl methyl sites for hydroxylation is 2. The minimum absolute atomic E-state index is 0.271. The van der Waals surface area contributed by atoms with Crippen molar-refractivity contribution in [2.24, 2.45) is 0 Å². The fourth-order valence-electron chi connectivity index (χ4n) is 3.24. The van der Waals surface area contributed by atoms with Crippen LogP contribution in [0.3, 0.4) is 0 Å². The van der Waals surface area contributed by atoms with Crippen LogP contribution in [-0.2, 0) is 4.74 Å². The van der Waals surface area contributed by atoms with Crippen LogP contribution in [-0.4, -0.2) is 60.7 Å². The molecule has 1 fully saturated rings. The van der Waals surface area contributed by atoms with E-state index in [1.54, 1.807) is 11.3 Å². The van der Waals surface area contributed by atoms with Gasteiger partial charge in [0.05, 0.1) is 17.9 Å². The number of piperazine rings is 1. The van der Waals surface area contributed by atoms with Gasteiger partial charge in [0.1, 0.15) is 5.69 Å². The number of carbonyl (C=O) groups is 1. The predicted octanol–water partition coefficient (Wildman–Crippen LogP) is 2.99. The summed E-state index contributed by atoms with van der Waals surface area (Å²) in [7, 11) is 2.15. The first-order valence-electron chi connectivity index (χ1n) is 8.70. The number of aromatic nitrogens is 2. The van der Waals surface area contributed by atoms with E-state index >= 15 is 0 Å². The highest BCUT2D eigenvalue weighted by atomic mass is 32.1. The molecular formula is C18H26N4O2S. The largest absolute Gasteiger partial charge is 0.462 e. The zero-order chi connectivity index (χ0) is 18.1. The van der Waals surface area contributed by atoms with Crippen molar-refractivity contribution in [2.75, 3.05) is 44.7 Å². The Balaban J connectivity index is 1.92. The first-order chi connectivity index (χ1) is 11.9. The zero-order valence-corrected chi connectivity index (χ0v) is 16.4. The molecule has 3 heterocycles. The summed E-state index contributed by atoms with van der Waals surface area (Å²) in [5.74, 6) is -0.271. The maximum absolute atomic E-state index is 12.2. The molecular weight excluding hydrogens is 336 g/mol. The van der Waals surface area contributed by atoms with Crippen LogP contribution in [0.1, 0.15) is 33.4 Å². The van der Waals surface area contributed by atoms with Crippen LogP contribution in [0.15, 0.2) is 0 Å². The monoisotopic (exact) mass is 362 g/mol. The predicted molar refractivity (Wildman–Crippen MR) is 102 cm³/mol. The van der Waals surface area contributed by atoms with Crippen molar-refractivity contribution < 1.29 is 9.53 Å². The topological polar surface area (TPSA) is 61.5 Å². The lowest BCUT2D eigenvalue weighted by molar-refractivity contribution is 0.0525. The molecule has 1 aliphatic heterocycles. The number of rotatable bonds is 4. The molecule has 136 valence electrons. The highest BCUT2D eigenvalue weighted by molar-refractivity contribution is 7.16. The lowest BCUT2D eigenvalue weighted by Crippen LogP contribution is -2.44. The van der Waals surface area contributed by atoms with E-state index in [-0.39, 0.29) is 5.97 Å². The van der Waals surface area contributed by atoms with Crippen LogP contribution < -0.4 is 4.90 Å².